The number of nitrogens with zero attached hydrogens (tertiary/aromatic N) is 1. The van der Waals surface area contributed by atoms with Crippen molar-refractivity contribution in [2.24, 2.45) is 0 Å². The molecule has 26 heavy (non-hydrogen) atoms. The zero-order chi connectivity index (χ0) is 18.9. The number of hydrogen-bond donors (Lipinski definition) is 0. The normalized spacial score (nSPS) is 13.6. The monoisotopic (exact) mass is 413 g/mol. The van der Waals surface area contributed by atoms with E-state index < -0.39 is 10.0 Å². The highest BCUT2D eigenvalue weighted by atomic mass is 35.5. The molecule has 0 fully saturated rings. The number of ketones is 1. The first kappa shape index (κ1) is 19.0. The molecule has 0 radical (unpaired) electrons. The van der Waals surface area contributed by atoms with Gasteiger partial charge in [0, 0.05) is 17.1 Å². The van der Waals surface area contributed by atoms with Gasteiger partial charge in [0.25, 0.3) is 0 Å². The Hall–Kier alpha value is -1.76. The van der Waals surface area contributed by atoms with Crippen LogP contribution < -0.4 is 9.04 Å². The molecule has 5 nitrogen and oxygen atoms in total. The van der Waals surface area contributed by atoms with Crippen molar-refractivity contribution in [3.05, 3.63) is 57.6 Å². The second kappa shape index (κ2) is 7.47. The molecule has 0 amide bonds. The number of sulfonamides is 1. The number of rotatable bonds is 6. The van der Waals surface area contributed by atoms with E-state index in [0.717, 1.165) is 5.56 Å². The molecule has 0 saturated heterocycles. The van der Waals surface area contributed by atoms with Crippen LogP contribution in [0.15, 0.2) is 36.4 Å². The van der Waals surface area contributed by atoms with E-state index in [1.165, 1.54) is 4.31 Å². The third-order valence-electron chi connectivity index (χ3n) is 4.21. The van der Waals surface area contributed by atoms with Crippen LogP contribution in [0.1, 0.15) is 22.8 Å². The molecule has 2 aromatic rings. The van der Waals surface area contributed by atoms with Gasteiger partial charge in [-0.25, -0.2) is 8.42 Å². The summed E-state index contributed by atoms with van der Waals surface area (Å²) in [5, 5.41) is 0.818. The topological polar surface area (TPSA) is 63.7 Å². The number of anilines is 1. The number of benzene rings is 2. The highest BCUT2D eigenvalue weighted by molar-refractivity contribution is 7.92. The van der Waals surface area contributed by atoms with Crippen molar-refractivity contribution in [3.63, 3.8) is 0 Å². The summed E-state index contributed by atoms with van der Waals surface area (Å²) >= 11 is 11.9. The zero-order valence-corrected chi connectivity index (χ0v) is 16.4. The van der Waals surface area contributed by atoms with Gasteiger partial charge in [-0.2, -0.15) is 0 Å². The van der Waals surface area contributed by atoms with E-state index in [2.05, 4.69) is 0 Å². The number of halogens is 2. The summed E-state index contributed by atoms with van der Waals surface area (Å²) in [6.45, 7) is 1.85. The van der Waals surface area contributed by atoms with Crippen LogP contribution in [-0.4, -0.2) is 33.1 Å². The quantitative estimate of drug-likeness (QED) is 0.672. The maximum absolute atomic E-state index is 12.4. The number of hydrogen-bond acceptors (Lipinski definition) is 4. The maximum Gasteiger partial charge on any atom is 0.234 e. The number of Topliss-reactive ketones (excluding diaryl/α,β-unsaturated/α-hetero) is 1. The molecule has 0 saturated carbocycles. The van der Waals surface area contributed by atoms with Crippen molar-refractivity contribution in [2.75, 3.05) is 23.2 Å². The lowest BCUT2D eigenvalue weighted by molar-refractivity contribution is 0.0921. The lowest BCUT2D eigenvalue weighted by Gasteiger charge is -2.18. The molecule has 1 aliphatic heterocycles. The maximum atomic E-state index is 12.4. The smallest absolute Gasteiger partial charge is 0.234 e. The minimum Gasteiger partial charge on any atom is -0.484 e. The Bertz CT molecular complexity index is 960. The molecule has 0 N–H and O–H groups in total. The van der Waals surface area contributed by atoms with Crippen molar-refractivity contribution in [2.45, 2.75) is 13.3 Å². The van der Waals surface area contributed by atoms with Crippen LogP contribution in [0.2, 0.25) is 10.0 Å². The summed E-state index contributed by atoms with van der Waals surface area (Å²) in [6.07, 6.45) is 0.583. The fraction of sp³-hybridized carbons (Fsp3) is 0.278. The summed E-state index contributed by atoms with van der Waals surface area (Å²) in [6, 6.07) is 9.81. The van der Waals surface area contributed by atoms with Gasteiger partial charge in [0.1, 0.15) is 5.75 Å². The predicted molar refractivity (Wildman–Crippen MR) is 103 cm³/mol. The minimum absolute atomic E-state index is 0.0445. The average molecular weight is 414 g/mol. The second-order valence-corrected chi connectivity index (χ2v) is 8.88. The number of carbonyl (C=O) groups is 1. The molecule has 0 bridgehead atoms. The van der Waals surface area contributed by atoms with Gasteiger partial charge in [-0.05, 0) is 55.3 Å². The van der Waals surface area contributed by atoms with Crippen molar-refractivity contribution < 1.29 is 17.9 Å². The molecule has 0 atom stereocenters. The largest absolute Gasteiger partial charge is 0.484 e. The molecule has 1 aliphatic rings. The lowest BCUT2D eigenvalue weighted by atomic mass is 10.1. The number of fused-ring (bicyclic) bond motifs is 1. The van der Waals surface area contributed by atoms with E-state index in [1.54, 1.807) is 43.3 Å². The Balaban J connectivity index is 1.74. The van der Waals surface area contributed by atoms with Crippen molar-refractivity contribution >= 4 is 44.7 Å². The third kappa shape index (κ3) is 3.82. The van der Waals surface area contributed by atoms with Crippen LogP contribution in [0.4, 0.5) is 5.69 Å². The van der Waals surface area contributed by atoms with Crippen LogP contribution >= 0.6 is 23.2 Å². The van der Waals surface area contributed by atoms with E-state index in [9.17, 15) is 13.2 Å². The second-order valence-electron chi connectivity index (χ2n) is 5.85. The predicted octanol–water partition coefficient (Wildman–Crippen LogP) is 3.97. The van der Waals surface area contributed by atoms with Crippen LogP contribution in [0.25, 0.3) is 0 Å². The molecule has 138 valence electrons. The molecular formula is C18H17Cl2NO4S. The zero-order valence-electron chi connectivity index (χ0n) is 14.0. The van der Waals surface area contributed by atoms with Gasteiger partial charge in [-0.1, -0.05) is 23.2 Å². The van der Waals surface area contributed by atoms with E-state index in [4.69, 9.17) is 27.9 Å². The van der Waals surface area contributed by atoms with Gasteiger partial charge < -0.3 is 4.74 Å². The fourth-order valence-electron chi connectivity index (χ4n) is 2.81. The van der Waals surface area contributed by atoms with Gasteiger partial charge in [0.2, 0.25) is 10.0 Å². The molecular weight excluding hydrogens is 397 g/mol. The standard InChI is InChI=1S/C18H17Cl2NO4S/c1-2-26(23,24)21-8-7-12-9-13(3-5-16(12)21)17(22)11-25-18-6-4-14(19)10-15(18)20/h3-6,9-10H,2,7-8,11H2,1H3. The summed E-state index contributed by atoms with van der Waals surface area (Å²) in [7, 11) is -3.30. The molecule has 2 aromatic carbocycles. The van der Waals surface area contributed by atoms with E-state index in [-0.39, 0.29) is 18.1 Å². The molecule has 1 heterocycles. The highest BCUT2D eigenvalue weighted by Gasteiger charge is 2.28. The Morgan fingerprint density at radius 2 is 1.96 bits per heavy atom. The van der Waals surface area contributed by atoms with Gasteiger partial charge in [-0.15, -0.1) is 0 Å². The average Bonchev–Trinajstić information content (AvgIpc) is 3.04. The van der Waals surface area contributed by atoms with Crippen molar-refractivity contribution in [1.29, 1.82) is 0 Å². The van der Waals surface area contributed by atoms with E-state index >= 15 is 0 Å². The van der Waals surface area contributed by atoms with Crippen molar-refractivity contribution in [1.82, 2.24) is 0 Å². The number of carbonyl (C=O) groups excluding carboxylic acids is 1. The van der Waals surface area contributed by atoms with Crippen molar-refractivity contribution in [3.8, 4) is 5.75 Å². The van der Waals surface area contributed by atoms with E-state index in [0.29, 0.717) is 40.0 Å². The molecule has 8 heteroatoms. The summed E-state index contributed by atoms with van der Waals surface area (Å²) in [4.78, 5) is 12.4. The minimum atomic E-state index is -3.30. The lowest BCUT2D eigenvalue weighted by Crippen LogP contribution is -2.30. The van der Waals surface area contributed by atoms with Crippen LogP contribution in [0.3, 0.4) is 0 Å². The summed E-state index contributed by atoms with van der Waals surface area (Å²) < 4.78 is 31.1. The Kier molecular flexibility index (Phi) is 5.46. The molecule has 0 unspecified atom stereocenters. The third-order valence-corrected chi connectivity index (χ3v) is 6.52. The Morgan fingerprint density at radius 1 is 1.19 bits per heavy atom. The van der Waals surface area contributed by atoms with Gasteiger partial charge >= 0.3 is 0 Å². The first-order valence-corrected chi connectivity index (χ1v) is 10.4. The number of ether oxygens (including phenoxy) is 1. The first-order chi connectivity index (χ1) is 12.3. The molecule has 3 rings (SSSR count). The molecule has 0 aliphatic carbocycles. The van der Waals surface area contributed by atoms with Crippen LogP contribution in [0, 0.1) is 0 Å². The van der Waals surface area contributed by atoms with E-state index in [1.807, 2.05) is 0 Å². The summed E-state index contributed by atoms with van der Waals surface area (Å²) in [5.41, 5.74) is 1.96. The van der Waals surface area contributed by atoms with Gasteiger partial charge in [-0.3, -0.25) is 9.10 Å². The summed E-state index contributed by atoms with van der Waals surface area (Å²) in [5.74, 6) is 0.212. The first-order valence-electron chi connectivity index (χ1n) is 8.06. The Morgan fingerprint density at radius 3 is 2.65 bits per heavy atom. The van der Waals surface area contributed by atoms with Crippen LogP contribution in [-0.2, 0) is 16.4 Å². The van der Waals surface area contributed by atoms with Crippen LogP contribution in [0.5, 0.6) is 5.75 Å². The highest BCUT2D eigenvalue weighted by Crippen LogP contribution is 2.32. The molecule has 0 spiro atoms. The SMILES string of the molecule is CCS(=O)(=O)N1CCc2cc(C(=O)COc3ccc(Cl)cc3Cl)ccc21. The Labute approximate surface area is 162 Å². The van der Waals surface area contributed by atoms with Gasteiger partial charge in [0.05, 0.1) is 16.5 Å². The fourth-order valence-corrected chi connectivity index (χ4v) is 4.43. The molecule has 0 aromatic heterocycles. The van der Waals surface area contributed by atoms with Gasteiger partial charge in [0.15, 0.2) is 12.4 Å².